The molecule has 0 radical (unpaired) electrons. The van der Waals surface area contributed by atoms with E-state index in [1.165, 1.54) is 31.8 Å². The van der Waals surface area contributed by atoms with Crippen LogP contribution >= 0.6 is 38.6 Å². The molecule has 1 aliphatic heterocycles. The number of piperazine rings is 1. The molecule has 2 aromatic rings. The highest BCUT2D eigenvalue weighted by Crippen LogP contribution is 2.21. The predicted octanol–water partition coefficient (Wildman–Crippen LogP) is 2.32. The second-order valence-electron chi connectivity index (χ2n) is 5.64. The third-order valence-corrected chi connectivity index (χ3v) is 6.77. The summed E-state index contributed by atoms with van der Waals surface area (Å²) < 4.78 is 1.17. The Bertz CT molecular complexity index is 717. The summed E-state index contributed by atoms with van der Waals surface area (Å²) in [5.74, 6) is 0.0749. The van der Waals surface area contributed by atoms with Crippen LogP contribution in [0.25, 0.3) is 0 Å². The molecule has 122 valence electrons. The predicted molar refractivity (Wildman–Crippen MR) is 96.6 cm³/mol. The van der Waals surface area contributed by atoms with E-state index >= 15 is 0 Å². The van der Waals surface area contributed by atoms with E-state index in [1.54, 1.807) is 23.5 Å². The summed E-state index contributed by atoms with van der Waals surface area (Å²) in [6.45, 7) is 6.03. The fourth-order valence-corrected chi connectivity index (χ4v) is 5.12. The summed E-state index contributed by atoms with van der Waals surface area (Å²) in [5.41, 5.74) is 0. The van der Waals surface area contributed by atoms with Crippen LogP contribution < -0.4 is 4.90 Å². The molecule has 23 heavy (non-hydrogen) atoms. The lowest BCUT2D eigenvalue weighted by Gasteiger charge is -2.31. The Kier molecular flexibility index (Phi) is 5.31. The van der Waals surface area contributed by atoms with Crippen molar-refractivity contribution in [3.05, 3.63) is 42.7 Å². The first-order valence-electron chi connectivity index (χ1n) is 7.51. The van der Waals surface area contributed by atoms with Crippen molar-refractivity contribution in [1.29, 1.82) is 0 Å². The van der Waals surface area contributed by atoms with Crippen LogP contribution in [0.15, 0.2) is 28.1 Å². The first-order chi connectivity index (χ1) is 11.0. The Morgan fingerprint density at radius 2 is 1.83 bits per heavy atom. The van der Waals surface area contributed by atoms with Crippen LogP contribution in [0.3, 0.4) is 0 Å². The van der Waals surface area contributed by atoms with Crippen LogP contribution in [0.2, 0.25) is 0 Å². The van der Waals surface area contributed by atoms with Gasteiger partial charge >= 0.3 is 0 Å². The van der Waals surface area contributed by atoms with Crippen LogP contribution in [0.4, 0.5) is 0 Å². The van der Waals surface area contributed by atoms with Gasteiger partial charge in [-0.05, 0) is 47.1 Å². The maximum atomic E-state index is 12.5. The molecule has 1 aliphatic rings. The fourth-order valence-electron chi connectivity index (χ4n) is 2.69. The van der Waals surface area contributed by atoms with Gasteiger partial charge in [-0.1, -0.05) is 0 Å². The second kappa shape index (κ2) is 7.25. The van der Waals surface area contributed by atoms with Crippen molar-refractivity contribution in [1.82, 2.24) is 4.90 Å². The van der Waals surface area contributed by atoms with Crippen LogP contribution in [0, 0.1) is 0 Å². The van der Waals surface area contributed by atoms with Gasteiger partial charge in [-0.15, -0.1) is 22.7 Å². The Balaban J connectivity index is 1.55. The highest BCUT2D eigenvalue weighted by atomic mass is 79.9. The van der Waals surface area contributed by atoms with Crippen LogP contribution in [0.1, 0.15) is 31.1 Å². The van der Waals surface area contributed by atoms with E-state index in [0.29, 0.717) is 9.75 Å². The zero-order valence-corrected chi connectivity index (χ0v) is 16.0. The van der Waals surface area contributed by atoms with Crippen LogP contribution in [-0.4, -0.2) is 42.8 Å². The van der Waals surface area contributed by atoms with E-state index in [9.17, 15) is 9.59 Å². The lowest BCUT2D eigenvalue weighted by atomic mass is 10.2. The minimum Gasteiger partial charge on any atom is -0.328 e. The number of carbonyl (C=O) groups excluding carboxylic acids is 2. The average Bonchev–Trinajstić information content (AvgIpc) is 3.17. The van der Waals surface area contributed by atoms with Gasteiger partial charge < -0.3 is 9.80 Å². The van der Waals surface area contributed by atoms with Crippen molar-refractivity contribution < 1.29 is 14.5 Å². The van der Waals surface area contributed by atoms with Gasteiger partial charge in [0.15, 0.2) is 5.78 Å². The number of thiophene rings is 2. The Hall–Kier alpha value is -1.02. The van der Waals surface area contributed by atoms with Gasteiger partial charge in [0.2, 0.25) is 0 Å². The van der Waals surface area contributed by atoms with Crippen molar-refractivity contribution in [3.63, 3.8) is 0 Å². The molecule has 0 atom stereocenters. The molecule has 3 rings (SSSR count). The minimum atomic E-state index is 0.0189. The minimum absolute atomic E-state index is 0.0189. The quantitative estimate of drug-likeness (QED) is 0.781. The van der Waals surface area contributed by atoms with Gasteiger partial charge in [0, 0.05) is 0 Å². The van der Waals surface area contributed by atoms with Crippen molar-refractivity contribution >= 4 is 50.3 Å². The lowest BCUT2D eigenvalue weighted by molar-refractivity contribution is -0.917. The van der Waals surface area contributed by atoms with Gasteiger partial charge in [-0.2, -0.15) is 0 Å². The summed E-state index contributed by atoms with van der Waals surface area (Å²) in [6, 6.07) is 7.76. The summed E-state index contributed by atoms with van der Waals surface area (Å²) >= 11 is 6.57. The smallest absolute Gasteiger partial charge is 0.264 e. The molecule has 4 nitrogen and oxygen atoms in total. The number of nitrogens with one attached hydrogen (secondary N) is 1. The number of amides is 1. The molecule has 0 unspecified atom stereocenters. The number of hydrogen-bond acceptors (Lipinski definition) is 4. The van der Waals surface area contributed by atoms with Gasteiger partial charge in [-0.3, -0.25) is 9.59 Å². The van der Waals surface area contributed by atoms with Crippen molar-refractivity contribution in [2.24, 2.45) is 0 Å². The number of rotatable bonds is 4. The normalized spacial score (nSPS) is 15.8. The topological polar surface area (TPSA) is 41.8 Å². The number of Topliss-reactive ketones (excluding diaryl/α,β-unsaturated/α-hetero) is 1. The molecule has 0 bridgehead atoms. The SMILES string of the molecule is CC(=O)c1ccc(C(=O)N2CC[NH+](Cc3ccc(Br)s3)CC2)s1. The van der Waals surface area contributed by atoms with Crippen molar-refractivity contribution in [2.75, 3.05) is 26.2 Å². The third-order valence-electron chi connectivity index (χ3n) is 3.97. The molecule has 0 aromatic carbocycles. The number of ketones is 1. The Morgan fingerprint density at radius 1 is 1.13 bits per heavy atom. The molecular weight excluding hydrogens is 396 g/mol. The van der Waals surface area contributed by atoms with Gasteiger partial charge in [0.25, 0.3) is 5.91 Å². The summed E-state index contributed by atoms with van der Waals surface area (Å²) in [7, 11) is 0. The average molecular weight is 414 g/mol. The summed E-state index contributed by atoms with van der Waals surface area (Å²) in [4.78, 5) is 30.0. The number of carbonyl (C=O) groups is 2. The number of hydrogen-bond donors (Lipinski definition) is 1. The Morgan fingerprint density at radius 3 is 2.39 bits per heavy atom. The molecule has 0 spiro atoms. The monoisotopic (exact) mass is 413 g/mol. The second-order valence-corrected chi connectivity index (χ2v) is 9.28. The zero-order valence-electron chi connectivity index (χ0n) is 12.8. The van der Waals surface area contributed by atoms with Gasteiger partial charge in [-0.25, -0.2) is 0 Å². The molecule has 0 aliphatic carbocycles. The van der Waals surface area contributed by atoms with E-state index in [-0.39, 0.29) is 11.7 Å². The molecule has 1 N–H and O–H groups in total. The van der Waals surface area contributed by atoms with E-state index in [1.807, 2.05) is 4.90 Å². The van der Waals surface area contributed by atoms with Gasteiger partial charge in [0.1, 0.15) is 6.54 Å². The molecular formula is C16H18BrN2O2S2+. The standard InChI is InChI=1S/C16H17BrN2O2S2/c1-11(20)13-3-4-14(23-13)16(21)19-8-6-18(7-9-19)10-12-2-5-15(17)22-12/h2-5H,6-10H2,1H3/p+1. The molecule has 3 heterocycles. The first-order valence-corrected chi connectivity index (χ1v) is 9.93. The van der Waals surface area contributed by atoms with Crippen LogP contribution in [0.5, 0.6) is 0 Å². The number of quaternary nitrogens is 1. The number of nitrogens with zero attached hydrogens (tertiary/aromatic N) is 1. The van der Waals surface area contributed by atoms with Crippen molar-refractivity contribution in [2.45, 2.75) is 13.5 Å². The summed E-state index contributed by atoms with van der Waals surface area (Å²) in [5, 5.41) is 0. The third kappa shape index (κ3) is 4.09. The largest absolute Gasteiger partial charge is 0.328 e. The highest BCUT2D eigenvalue weighted by Gasteiger charge is 2.26. The molecule has 2 aromatic heterocycles. The first kappa shape index (κ1) is 16.8. The molecule has 0 saturated carbocycles. The molecule has 1 saturated heterocycles. The highest BCUT2D eigenvalue weighted by molar-refractivity contribution is 9.11. The Labute approximate surface area is 151 Å². The number of halogens is 1. The summed E-state index contributed by atoms with van der Waals surface area (Å²) in [6.07, 6.45) is 0. The molecule has 7 heteroatoms. The van der Waals surface area contributed by atoms with Gasteiger partial charge in [0.05, 0.1) is 44.6 Å². The van der Waals surface area contributed by atoms with Crippen molar-refractivity contribution in [3.8, 4) is 0 Å². The molecule has 1 fully saturated rings. The van der Waals surface area contributed by atoms with Crippen LogP contribution in [-0.2, 0) is 6.54 Å². The zero-order chi connectivity index (χ0) is 16.4. The van der Waals surface area contributed by atoms with E-state index in [2.05, 4.69) is 28.1 Å². The van der Waals surface area contributed by atoms with E-state index < -0.39 is 0 Å². The fraction of sp³-hybridized carbons (Fsp3) is 0.375. The van der Waals surface area contributed by atoms with E-state index in [0.717, 1.165) is 32.7 Å². The maximum absolute atomic E-state index is 12.5. The van der Waals surface area contributed by atoms with E-state index in [4.69, 9.17) is 0 Å². The maximum Gasteiger partial charge on any atom is 0.264 e. The lowest BCUT2D eigenvalue weighted by Crippen LogP contribution is -3.13. The molecule has 1 amide bonds.